The van der Waals surface area contributed by atoms with Gasteiger partial charge in [-0.1, -0.05) is 0 Å². The SMILES string of the molecule is COC(=O)N1CCC(NC2CCCOC2)C1. The molecule has 5 heteroatoms. The fourth-order valence-corrected chi connectivity index (χ4v) is 2.40. The van der Waals surface area contributed by atoms with E-state index < -0.39 is 0 Å². The van der Waals surface area contributed by atoms with Crippen molar-refractivity contribution in [1.82, 2.24) is 10.2 Å². The lowest BCUT2D eigenvalue weighted by molar-refractivity contribution is 0.0665. The lowest BCUT2D eigenvalue weighted by atomic mass is 10.1. The third-order valence-electron chi connectivity index (χ3n) is 3.25. The zero-order chi connectivity index (χ0) is 11.4. The summed E-state index contributed by atoms with van der Waals surface area (Å²) in [7, 11) is 1.43. The van der Waals surface area contributed by atoms with Gasteiger partial charge in [-0.05, 0) is 19.3 Å². The summed E-state index contributed by atoms with van der Waals surface area (Å²) in [5.41, 5.74) is 0. The minimum atomic E-state index is -0.218. The molecule has 0 bridgehead atoms. The number of nitrogens with one attached hydrogen (secondary N) is 1. The summed E-state index contributed by atoms with van der Waals surface area (Å²) in [6, 6.07) is 0.849. The summed E-state index contributed by atoms with van der Waals surface area (Å²) < 4.78 is 10.1. The fraction of sp³-hybridized carbons (Fsp3) is 0.909. The number of carbonyl (C=O) groups excluding carboxylic acids is 1. The van der Waals surface area contributed by atoms with Gasteiger partial charge in [-0.2, -0.15) is 0 Å². The molecule has 2 unspecified atom stereocenters. The summed E-state index contributed by atoms with van der Waals surface area (Å²) in [5, 5.41) is 3.55. The van der Waals surface area contributed by atoms with Gasteiger partial charge in [0.15, 0.2) is 0 Å². The van der Waals surface area contributed by atoms with E-state index in [1.165, 1.54) is 13.5 Å². The molecule has 2 aliphatic heterocycles. The highest BCUT2D eigenvalue weighted by Gasteiger charge is 2.28. The Morgan fingerprint density at radius 2 is 2.31 bits per heavy atom. The minimum absolute atomic E-state index is 0.218. The van der Waals surface area contributed by atoms with Crippen LogP contribution in [0.2, 0.25) is 0 Å². The molecule has 5 nitrogen and oxygen atoms in total. The molecule has 1 N–H and O–H groups in total. The number of hydrogen-bond acceptors (Lipinski definition) is 4. The molecule has 2 aliphatic rings. The van der Waals surface area contributed by atoms with Gasteiger partial charge in [0.25, 0.3) is 0 Å². The molecule has 2 atom stereocenters. The van der Waals surface area contributed by atoms with Gasteiger partial charge in [0.05, 0.1) is 13.7 Å². The number of methoxy groups -OCH3 is 1. The average molecular weight is 228 g/mol. The lowest BCUT2D eigenvalue weighted by Crippen LogP contribution is -2.44. The summed E-state index contributed by atoms with van der Waals surface area (Å²) in [6.07, 6.45) is 3.09. The second kappa shape index (κ2) is 5.50. The largest absolute Gasteiger partial charge is 0.453 e. The normalized spacial score (nSPS) is 30.4. The van der Waals surface area contributed by atoms with Gasteiger partial charge >= 0.3 is 6.09 Å². The van der Waals surface area contributed by atoms with E-state index in [1.54, 1.807) is 4.90 Å². The van der Waals surface area contributed by atoms with Crippen molar-refractivity contribution in [1.29, 1.82) is 0 Å². The molecule has 0 spiro atoms. The molecule has 0 aromatic rings. The third-order valence-corrected chi connectivity index (χ3v) is 3.25. The fourth-order valence-electron chi connectivity index (χ4n) is 2.40. The molecule has 0 radical (unpaired) electrons. The molecule has 2 saturated heterocycles. The number of likely N-dealkylation sites (tertiary alicyclic amines) is 1. The van der Waals surface area contributed by atoms with Gasteiger partial charge in [-0.3, -0.25) is 0 Å². The molecule has 0 aromatic heterocycles. The van der Waals surface area contributed by atoms with Crippen LogP contribution in [0.4, 0.5) is 4.79 Å². The van der Waals surface area contributed by atoms with Crippen LogP contribution in [-0.2, 0) is 9.47 Å². The summed E-state index contributed by atoms with van der Waals surface area (Å²) >= 11 is 0. The zero-order valence-electron chi connectivity index (χ0n) is 9.78. The molecule has 92 valence electrons. The highest BCUT2D eigenvalue weighted by Crippen LogP contribution is 2.13. The molecular formula is C11H20N2O3. The predicted molar refractivity (Wildman–Crippen MR) is 59.4 cm³/mol. The molecule has 2 fully saturated rings. The van der Waals surface area contributed by atoms with Crippen molar-refractivity contribution in [3.8, 4) is 0 Å². The van der Waals surface area contributed by atoms with Crippen LogP contribution in [0.25, 0.3) is 0 Å². The van der Waals surface area contributed by atoms with Gasteiger partial charge in [0, 0.05) is 31.8 Å². The molecule has 16 heavy (non-hydrogen) atoms. The van der Waals surface area contributed by atoms with Crippen LogP contribution >= 0.6 is 0 Å². The Morgan fingerprint density at radius 3 is 3.00 bits per heavy atom. The maximum absolute atomic E-state index is 11.3. The van der Waals surface area contributed by atoms with Gasteiger partial charge in [-0.25, -0.2) is 4.79 Å². The Kier molecular flexibility index (Phi) is 4.01. The van der Waals surface area contributed by atoms with Crippen molar-refractivity contribution < 1.29 is 14.3 Å². The van der Waals surface area contributed by atoms with E-state index in [9.17, 15) is 4.79 Å². The van der Waals surface area contributed by atoms with Crippen LogP contribution in [-0.4, -0.2) is 56.5 Å². The van der Waals surface area contributed by atoms with E-state index in [0.717, 1.165) is 39.1 Å². The van der Waals surface area contributed by atoms with Crippen molar-refractivity contribution in [3.63, 3.8) is 0 Å². The van der Waals surface area contributed by atoms with E-state index in [0.29, 0.717) is 12.1 Å². The average Bonchev–Trinajstić information content (AvgIpc) is 2.78. The van der Waals surface area contributed by atoms with Gasteiger partial charge in [0.2, 0.25) is 0 Å². The van der Waals surface area contributed by atoms with Gasteiger partial charge < -0.3 is 19.7 Å². The Bertz CT molecular complexity index is 241. The van der Waals surface area contributed by atoms with Crippen LogP contribution < -0.4 is 5.32 Å². The molecule has 0 saturated carbocycles. The lowest BCUT2D eigenvalue weighted by Gasteiger charge is -2.26. The first kappa shape index (κ1) is 11.7. The van der Waals surface area contributed by atoms with E-state index in [1.807, 2.05) is 0 Å². The van der Waals surface area contributed by atoms with Crippen molar-refractivity contribution in [2.24, 2.45) is 0 Å². The highest BCUT2D eigenvalue weighted by molar-refractivity contribution is 5.67. The first-order chi connectivity index (χ1) is 7.79. The van der Waals surface area contributed by atoms with Crippen molar-refractivity contribution in [2.45, 2.75) is 31.3 Å². The minimum Gasteiger partial charge on any atom is -0.453 e. The summed E-state index contributed by atoms with van der Waals surface area (Å²) in [6.45, 7) is 3.23. The van der Waals surface area contributed by atoms with Crippen molar-refractivity contribution in [3.05, 3.63) is 0 Å². The van der Waals surface area contributed by atoms with Crippen LogP contribution in [0, 0.1) is 0 Å². The maximum atomic E-state index is 11.3. The van der Waals surface area contributed by atoms with E-state index in [-0.39, 0.29) is 6.09 Å². The van der Waals surface area contributed by atoms with E-state index in [2.05, 4.69) is 5.32 Å². The molecule has 0 aliphatic carbocycles. The number of amides is 1. The quantitative estimate of drug-likeness (QED) is 0.752. The first-order valence-corrected chi connectivity index (χ1v) is 5.96. The second-order valence-electron chi connectivity index (χ2n) is 4.48. The smallest absolute Gasteiger partial charge is 0.409 e. The topological polar surface area (TPSA) is 50.8 Å². The van der Waals surface area contributed by atoms with Crippen molar-refractivity contribution in [2.75, 3.05) is 33.4 Å². The van der Waals surface area contributed by atoms with Crippen LogP contribution in [0.15, 0.2) is 0 Å². The molecule has 1 amide bonds. The van der Waals surface area contributed by atoms with Crippen LogP contribution in [0.3, 0.4) is 0 Å². The Labute approximate surface area is 96.1 Å². The van der Waals surface area contributed by atoms with Crippen LogP contribution in [0.5, 0.6) is 0 Å². The van der Waals surface area contributed by atoms with Gasteiger partial charge in [-0.15, -0.1) is 0 Å². The zero-order valence-corrected chi connectivity index (χ0v) is 9.78. The van der Waals surface area contributed by atoms with E-state index >= 15 is 0 Å². The molecule has 2 heterocycles. The maximum Gasteiger partial charge on any atom is 0.409 e. The highest BCUT2D eigenvalue weighted by atomic mass is 16.5. The predicted octanol–water partition coefficient (Wildman–Crippen LogP) is 0.596. The summed E-state index contributed by atoms with van der Waals surface area (Å²) in [4.78, 5) is 13.1. The first-order valence-electron chi connectivity index (χ1n) is 5.96. The Balaban J connectivity index is 1.73. The standard InChI is InChI=1S/C11H20N2O3/c1-15-11(14)13-5-4-9(7-13)12-10-3-2-6-16-8-10/h9-10,12H,2-8H2,1H3. The van der Waals surface area contributed by atoms with Crippen LogP contribution in [0.1, 0.15) is 19.3 Å². The van der Waals surface area contributed by atoms with Crippen molar-refractivity contribution >= 4 is 6.09 Å². The number of hydrogen-bond donors (Lipinski definition) is 1. The number of carbonyl (C=O) groups is 1. The Hall–Kier alpha value is -0.810. The molecule has 2 rings (SSSR count). The molecular weight excluding hydrogens is 208 g/mol. The third kappa shape index (κ3) is 2.86. The van der Waals surface area contributed by atoms with Gasteiger partial charge in [0.1, 0.15) is 0 Å². The molecule has 0 aromatic carbocycles. The number of rotatable bonds is 2. The van der Waals surface area contributed by atoms with E-state index in [4.69, 9.17) is 9.47 Å². The summed E-state index contributed by atoms with van der Waals surface area (Å²) in [5.74, 6) is 0. The monoisotopic (exact) mass is 228 g/mol. The second-order valence-corrected chi connectivity index (χ2v) is 4.48. The number of nitrogens with zero attached hydrogens (tertiary/aromatic N) is 1. The number of ether oxygens (including phenoxy) is 2. The Morgan fingerprint density at radius 1 is 1.44 bits per heavy atom.